The third-order valence-electron chi connectivity index (χ3n) is 4.36. The van der Waals surface area contributed by atoms with Gasteiger partial charge in [-0.05, 0) is 17.7 Å². The number of pyridine rings is 1. The zero-order valence-corrected chi connectivity index (χ0v) is 14.4. The predicted octanol–water partition coefficient (Wildman–Crippen LogP) is 2.11. The molecule has 1 aliphatic rings. The van der Waals surface area contributed by atoms with Crippen LogP contribution in [0.3, 0.4) is 0 Å². The largest absolute Gasteiger partial charge is 0.363 e. The van der Waals surface area contributed by atoms with Crippen molar-refractivity contribution in [2.75, 3.05) is 45.2 Å². The van der Waals surface area contributed by atoms with Crippen molar-refractivity contribution in [2.24, 2.45) is 0 Å². The molecule has 5 nitrogen and oxygen atoms in total. The molecular formula is C19H24N4O. The number of hydrogen-bond donors (Lipinski definition) is 0. The summed E-state index contributed by atoms with van der Waals surface area (Å²) in [6, 6.07) is 14.1. The molecule has 0 bridgehead atoms. The lowest BCUT2D eigenvalue weighted by Gasteiger charge is -2.34. The summed E-state index contributed by atoms with van der Waals surface area (Å²) >= 11 is 0. The van der Waals surface area contributed by atoms with E-state index in [0.29, 0.717) is 5.56 Å². The van der Waals surface area contributed by atoms with Crippen LogP contribution in [-0.4, -0.2) is 61.0 Å². The molecule has 2 aromatic rings. The van der Waals surface area contributed by atoms with Crippen molar-refractivity contribution in [3.05, 3.63) is 59.8 Å². The monoisotopic (exact) mass is 324 g/mol. The third-order valence-corrected chi connectivity index (χ3v) is 4.36. The average molecular weight is 324 g/mol. The minimum atomic E-state index is 0.0971. The van der Waals surface area contributed by atoms with Crippen LogP contribution in [0.1, 0.15) is 15.9 Å². The molecule has 0 radical (unpaired) electrons. The first kappa shape index (κ1) is 16.5. The summed E-state index contributed by atoms with van der Waals surface area (Å²) in [6.45, 7) is 4.30. The molecule has 5 heteroatoms. The molecular weight excluding hydrogens is 300 g/mol. The summed E-state index contributed by atoms with van der Waals surface area (Å²) in [5.74, 6) is 0.906. The number of carbonyl (C=O) groups is 1. The van der Waals surface area contributed by atoms with Gasteiger partial charge >= 0.3 is 0 Å². The van der Waals surface area contributed by atoms with Gasteiger partial charge in [-0.25, -0.2) is 4.98 Å². The highest BCUT2D eigenvalue weighted by atomic mass is 16.2. The quantitative estimate of drug-likeness (QED) is 0.863. The summed E-state index contributed by atoms with van der Waals surface area (Å²) < 4.78 is 0. The lowest BCUT2D eigenvalue weighted by Crippen LogP contribution is -2.48. The molecule has 0 saturated carbocycles. The van der Waals surface area contributed by atoms with Crippen LogP contribution in [0.4, 0.5) is 5.82 Å². The Morgan fingerprint density at radius 3 is 2.46 bits per heavy atom. The molecule has 1 amide bonds. The Hall–Kier alpha value is -2.40. The number of rotatable bonds is 4. The van der Waals surface area contributed by atoms with Gasteiger partial charge in [-0.1, -0.05) is 30.3 Å². The van der Waals surface area contributed by atoms with Crippen molar-refractivity contribution in [1.29, 1.82) is 0 Å². The fraction of sp³-hybridized carbons (Fsp3) is 0.368. The Balaban J connectivity index is 1.58. The number of nitrogens with zero attached hydrogens (tertiary/aromatic N) is 4. The van der Waals surface area contributed by atoms with Gasteiger partial charge in [0.2, 0.25) is 0 Å². The van der Waals surface area contributed by atoms with Gasteiger partial charge in [-0.2, -0.15) is 0 Å². The molecule has 1 saturated heterocycles. The molecule has 1 fully saturated rings. The van der Waals surface area contributed by atoms with Gasteiger partial charge in [0.1, 0.15) is 5.82 Å². The molecule has 1 aromatic carbocycles. The zero-order chi connectivity index (χ0) is 16.9. The second kappa shape index (κ2) is 7.45. The Morgan fingerprint density at radius 1 is 1.08 bits per heavy atom. The molecule has 3 rings (SSSR count). The topological polar surface area (TPSA) is 39.7 Å². The maximum absolute atomic E-state index is 12.7. The Morgan fingerprint density at radius 2 is 1.79 bits per heavy atom. The van der Waals surface area contributed by atoms with Crippen molar-refractivity contribution in [2.45, 2.75) is 6.54 Å². The van der Waals surface area contributed by atoms with E-state index in [1.807, 2.05) is 36.0 Å². The summed E-state index contributed by atoms with van der Waals surface area (Å²) in [5, 5.41) is 0. The van der Waals surface area contributed by atoms with Gasteiger partial charge in [0.25, 0.3) is 5.91 Å². The minimum Gasteiger partial charge on any atom is -0.363 e. The van der Waals surface area contributed by atoms with Crippen molar-refractivity contribution in [1.82, 2.24) is 14.8 Å². The van der Waals surface area contributed by atoms with Crippen LogP contribution in [-0.2, 0) is 6.54 Å². The van der Waals surface area contributed by atoms with Crippen molar-refractivity contribution in [3.63, 3.8) is 0 Å². The molecule has 0 unspecified atom stereocenters. The smallest absolute Gasteiger partial charge is 0.254 e. The maximum atomic E-state index is 12.7. The SMILES string of the molecule is CN(C)c1cc(C(=O)N2CCN(Cc3ccccc3)CC2)ccn1. The normalized spacial score (nSPS) is 15.3. The molecule has 0 spiro atoms. The number of anilines is 1. The molecule has 0 N–H and O–H groups in total. The van der Waals surface area contributed by atoms with Crippen LogP contribution in [0.5, 0.6) is 0 Å². The van der Waals surface area contributed by atoms with E-state index in [2.05, 4.69) is 34.1 Å². The molecule has 1 aromatic heterocycles. The van der Waals surface area contributed by atoms with Gasteiger partial charge < -0.3 is 9.80 Å². The molecule has 1 aliphatic heterocycles. The highest BCUT2D eigenvalue weighted by Gasteiger charge is 2.22. The molecule has 126 valence electrons. The molecule has 24 heavy (non-hydrogen) atoms. The van der Waals surface area contributed by atoms with Crippen LogP contribution in [0.25, 0.3) is 0 Å². The van der Waals surface area contributed by atoms with E-state index in [-0.39, 0.29) is 5.91 Å². The van der Waals surface area contributed by atoms with Gasteiger partial charge in [0.15, 0.2) is 0 Å². The first-order valence-electron chi connectivity index (χ1n) is 8.32. The van der Waals surface area contributed by atoms with E-state index in [1.165, 1.54) is 5.56 Å². The summed E-state index contributed by atoms with van der Waals surface area (Å²) in [7, 11) is 3.86. The lowest BCUT2D eigenvalue weighted by molar-refractivity contribution is 0.0628. The number of hydrogen-bond acceptors (Lipinski definition) is 4. The Kier molecular flexibility index (Phi) is 5.11. The maximum Gasteiger partial charge on any atom is 0.254 e. The van der Waals surface area contributed by atoms with Gasteiger partial charge in [0, 0.05) is 58.6 Å². The number of amides is 1. The van der Waals surface area contributed by atoms with Gasteiger partial charge in [0.05, 0.1) is 0 Å². The van der Waals surface area contributed by atoms with Crippen LogP contribution in [0.2, 0.25) is 0 Å². The highest BCUT2D eigenvalue weighted by Crippen LogP contribution is 2.14. The summed E-state index contributed by atoms with van der Waals surface area (Å²) in [4.78, 5) is 23.2. The van der Waals surface area contributed by atoms with Crippen molar-refractivity contribution >= 4 is 11.7 Å². The van der Waals surface area contributed by atoms with Crippen LogP contribution in [0.15, 0.2) is 48.7 Å². The fourth-order valence-corrected chi connectivity index (χ4v) is 2.93. The first-order chi connectivity index (χ1) is 11.6. The predicted molar refractivity (Wildman–Crippen MR) is 96.2 cm³/mol. The van der Waals surface area contributed by atoms with Gasteiger partial charge in [-0.15, -0.1) is 0 Å². The van der Waals surface area contributed by atoms with E-state index in [4.69, 9.17) is 0 Å². The molecule has 0 aliphatic carbocycles. The third kappa shape index (κ3) is 3.92. The number of piperazine rings is 1. The highest BCUT2D eigenvalue weighted by molar-refractivity contribution is 5.94. The fourth-order valence-electron chi connectivity index (χ4n) is 2.93. The zero-order valence-electron chi connectivity index (χ0n) is 14.4. The summed E-state index contributed by atoms with van der Waals surface area (Å²) in [6.07, 6.45) is 1.70. The number of aromatic nitrogens is 1. The van der Waals surface area contributed by atoms with E-state index < -0.39 is 0 Å². The van der Waals surface area contributed by atoms with Crippen LogP contribution >= 0.6 is 0 Å². The minimum absolute atomic E-state index is 0.0971. The van der Waals surface area contributed by atoms with Crippen LogP contribution in [0, 0.1) is 0 Å². The van der Waals surface area contributed by atoms with E-state index in [9.17, 15) is 4.79 Å². The first-order valence-corrected chi connectivity index (χ1v) is 8.32. The summed E-state index contributed by atoms with van der Waals surface area (Å²) in [5.41, 5.74) is 2.03. The Labute approximate surface area is 143 Å². The number of carbonyl (C=O) groups excluding carboxylic acids is 1. The second-order valence-corrected chi connectivity index (χ2v) is 6.35. The standard InChI is InChI=1S/C19H24N4O/c1-21(2)18-14-17(8-9-20-18)19(24)23-12-10-22(11-13-23)15-16-6-4-3-5-7-16/h3-9,14H,10-13,15H2,1-2H3. The van der Waals surface area contributed by atoms with Crippen molar-refractivity contribution in [3.8, 4) is 0 Å². The average Bonchev–Trinajstić information content (AvgIpc) is 2.63. The van der Waals surface area contributed by atoms with E-state index in [1.54, 1.807) is 12.3 Å². The van der Waals surface area contributed by atoms with E-state index >= 15 is 0 Å². The lowest BCUT2D eigenvalue weighted by atomic mass is 10.1. The van der Waals surface area contributed by atoms with Gasteiger partial charge in [-0.3, -0.25) is 9.69 Å². The van der Waals surface area contributed by atoms with Crippen LogP contribution < -0.4 is 4.90 Å². The number of benzene rings is 1. The van der Waals surface area contributed by atoms with E-state index in [0.717, 1.165) is 38.5 Å². The Bertz CT molecular complexity index is 679. The molecule has 0 atom stereocenters. The molecule has 2 heterocycles. The van der Waals surface area contributed by atoms with Crippen molar-refractivity contribution < 1.29 is 4.79 Å². The second-order valence-electron chi connectivity index (χ2n) is 6.35.